The van der Waals surface area contributed by atoms with E-state index in [1.54, 1.807) is 6.07 Å². The van der Waals surface area contributed by atoms with E-state index in [2.05, 4.69) is 5.32 Å². The molecule has 1 saturated heterocycles. The zero-order chi connectivity index (χ0) is 18.3. The van der Waals surface area contributed by atoms with E-state index >= 15 is 0 Å². The maximum absolute atomic E-state index is 14.0. The quantitative estimate of drug-likeness (QED) is 0.881. The number of nitrogens with zero attached hydrogens (tertiary/aromatic N) is 1. The second-order valence-corrected chi connectivity index (χ2v) is 7.36. The SMILES string of the molecule is O=C(C1CC1c1cc(F)ccc1F)N1CCNCC1c1cccc(Cl)c1. The topological polar surface area (TPSA) is 32.3 Å². The van der Waals surface area contributed by atoms with Gasteiger partial charge in [-0.25, -0.2) is 8.78 Å². The maximum Gasteiger partial charge on any atom is 0.226 e. The molecule has 1 aliphatic carbocycles. The standard InChI is InChI=1S/C20H19ClF2N2O/c21-13-3-1-2-12(8-13)19-11-24-6-7-25(19)20(26)17-10-15(17)16-9-14(22)4-5-18(16)23/h1-5,8-9,15,17,19,24H,6-7,10-11H2. The molecule has 1 amide bonds. The highest BCUT2D eigenvalue weighted by atomic mass is 35.5. The molecule has 4 rings (SSSR count). The zero-order valence-corrected chi connectivity index (χ0v) is 14.8. The normalized spacial score (nSPS) is 25.2. The fraction of sp³-hybridized carbons (Fsp3) is 0.350. The van der Waals surface area contributed by atoms with E-state index in [4.69, 9.17) is 11.6 Å². The van der Waals surface area contributed by atoms with Gasteiger partial charge >= 0.3 is 0 Å². The number of nitrogens with one attached hydrogen (secondary N) is 1. The van der Waals surface area contributed by atoms with Gasteiger partial charge in [0.1, 0.15) is 11.6 Å². The zero-order valence-electron chi connectivity index (χ0n) is 14.1. The Kier molecular flexibility index (Phi) is 4.67. The van der Waals surface area contributed by atoms with Crippen molar-refractivity contribution in [2.24, 2.45) is 5.92 Å². The maximum atomic E-state index is 14.0. The summed E-state index contributed by atoms with van der Waals surface area (Å²) in [5.41, 5.74) is 1.28. The van der Waals surface area contributed by atoms with E-state index in [1.165, 1.54) is 6.07 Å². The lowest BCUT2D eigenvalue weighted by molar-refractivity contribution is -0.136. The van der Waals surface area contributed by atoms with Gasteiger partial charge in [0, 0.05) is 30.6 Å². The first-order valence-electron chi connectivity index (χ1n) is 8.76. The Balaban J connectivity index is 1.54. The largest absolute Gasteiger partial charge is 0.333 e. The molecular formula is C20H19ClF2N2O. The Labute approximate surface area is 156 Å². The van der Waals surface area contributed by atoms with Crippen molar-refractivity contribution in [3.8, 4) is 0 Å². The minimum absolute atomic E-state index is 0.00476. The Hall–Kier alpha value is -1.98. The van der Waals surface area contributed by atoms with E-state index in [0.717, 1.165) is 17.7 Å². The van der Waals surface area contributed by atoms with Crippen molar-refractivity contribution in [3.05, 3.63) is 70.2 Å². The summed E-state index contributed by atoms with van der Waals surface area (Å²) >= 11 is 6.10. The number of carbonyl (C=O) groups excluding carboxylic acids is 1. The Morgan fingerprint density at radius 3 is 2.85 bits per heavy atom. The number of rotatable bonds is 3. The van der Waals surface area contributed by atoms with E-state index in [1.807, 2.05) is 23.1 Å². The van der Waals surface area contributed by atoms with Crippen LogP contribution in [0.4, 0.5) is 8.78 Å². The first-order chi connectivity index (χ1) is 12.5. The molecule has 1 aliphatic heterocycles. The molecule has 0 radical (unpaired) electrons. The van der Waals surface area contributed by atoms with Gasteiger partial charge in [0.2, 0.25) is 5.91 Å². The number of halogens is 3. The van der Waals surface area contributed by atoms with Crippen LogP contribution in [0.3, 0.4) is 0 Å². The summed E-state index contributed by atoms with van der Waals surface area (Å²) in [7, 11) is 0. The van der Waals surface area contributed by atoms with Crippen LogP contribution in [0.25, 0.3) is 0 Å². The molecule has 2 fully saturated rings. The summed E-state index contributed by atoms with van der Waals surface area (Å²) in [6.45, 7) is 1.96. The third-order valence-corrected chi connectivity index (χ3v) is 5.46. The lowest BCUT2D eigenvalue weighted by Gasteiger charge is -2.37. The van der Waals surface area contributed by atoms with Crippen molar-refractivity contribution >= 4 is 17.5 Å². The van der Waals surface area contributed by atoms with Crippen LogP contribution >= 0.6 is 11.6 Å². The van der Waals surface area contributed by atoms with Gasteiger partial charge in [-0.05, 0) is 53.8 Å². The van der Waals surface area contributed by atoms with Crippen LogP contribution in [0, 0.1) is 17.6 Å². The van der Waals surface area contributed by atoms with Crippen molar-refractivity contribution in [2.45, 2.75) is 18.4 Å². The summed E-state index contributed by atoms with van der Waals surface area (Å²) in [5, 5.41) is 3.94. The van der Waals surface area contributed by atoms with Crippen molar-refractivity contribution < 1.29 is 13.6 Å². The molecule has 3 atom stereocenters. The Morgan fingerprint density at radius 2 is 2.04 bits per heavy atom. The number of piperazine rings is 1. The highest BCUT2D eigenvalue weighted by Gasteiger charge is 2.48. The van der Waals surface area contributed by atoms with Crippen LogP contribution in [0.2, 0.25) is 5.02 Å². The molecule has 26 heavy (non-hydrogen) atoms. The molecule has 2 aromatic carbocycles. The summed E-state index contributed by atoms with van der Waals surface area (Å²) in [5.74, 6) is -1.44. The first kappa shape index (κ1) is 17.4. The van der Waals surface area contributed by atoms with Gasteiger partial charge in [-0.1, -0.05) is 23.7 Å². The molecule has 0 bridgehead atoms. The van der Waals surface area contributed by atoms with E-state index in [-0.39, 0.29) is 23.8 Å². The number of amides is 1. The molecule has 6 heteroatoms. The molecule has 1 heterocycles. The summed E-state index contributed by atoms with van der Waals surface area (Å²) < 4.78 is 27.5. The summed E-state index contributed by atoms with van der Waals surface area (Å²) in [4.78, 5) is 14.9. The van der Waals surface area contributed by atoms with E-state index < -0.39 is 11.6 Å². The molecule has 2 aliphatic rings. The van der Waals surface area contributed by atoms with E-state index in [0.29, 0.717) is 36.6 Å². The van der Waals surface area contributed by atoms with Crippen molar-refractivity contribution in [3.63, 3.8) is 0 Å². The Morgan fingerprint density at radius 1 is 1.19 bits per heavy atom. The van der Waals surface area contributed by atoms with Gasteiger partial charge in [-0.3, -0.25) is 4.79 Å². The second-order valence-electron chi connectivity index (χ2n) is 6.92. The number of benzene rings is 2. The average molecular weight is 377 g/mol. The molecule has 1 N–H and O–H groups in total. The monoisotopic (exact) mass is 376 g/mol. The van der Waals surface area contributed by atoms with Crippen molar-refractivity contribution in [1.29, 1.82) is 0 Å². The lowest BCUT2D eigenvalue weighted by Crippen LogP contribution is -2.49. The number of carbonyl (C=O) groups is 1. The predicted octanol–water partition coefficient (Wildman–Crippen LogP) is 3.89. The highest BCUT2D eigenvalue weighted by molar-refractivity contribution is 6.30. The van der Waals surface area contributed by atoms with Gasteiger partial charge in [0.05, 0.1) is 6.04 Å². The molecule has 1 saturated carbocycles. The predicted molar refractivity (Wildman–Crippen MR) is 96.0 cm³/mol. The number of hydrogen-bond acceptors (Lipinski definition) is 2. The lowest BCUT2D eigenvalue weighted by atomic mass is 10.0. The molecule has 0 aromatic heterocycles. The summed E-state index contributed by atoms with van der Waals surface area (Å²) in [6, 6.07) is 10.8. The molecule has 2 aromatic rings. The molecule has 3 unspecified atom stereocenters. The molecule has 0 spiro atoms. The van der Waals surface area contributed by atoms with Gasteiger partial charge in [0.25, 0.3) is 0 Å². The fourth-order valence-electron chi connectivity index (χ4n) is 3.80. The van der Waals surface area contributed by atoms with Gasteiger partial charge in [-0.15, -0.1) is 0 Å². The van der Waals surface area contributed by atoms with Crippen LogP contribution in [0.15, 0.2) is 42.5 Å². The van der Waals surface area contributed by atoms with Crippen molar-refractivity contribution in [1.82, 2.24) is 10.2 Å². The minimum Gasteiger partial charge on any atom is -0.333 e. The van der Waals surface area contributed by atoms with Gasteiger partial charge < -0.3 is 10.2 Å². The van der Waals surface area contributed by atoms with Crippen LogP contribution < -0.4 is 5.32 Å². The molecule has 3 nitrogen and oxygen atoms in total. The third-order valence-electron chi connectivity index (χ3n) is 5.23. The average Bonchev–Trinajstić information content (AvgIpc) is 3.44. The third kappa shape index (κ3) is 3.33. The highest BCUT2D eigenvalue weighted by Crippen LogP contribution is 2.50. The fourth-order valence-corrected chi connectivity index (χ4v) is 4.00. The van der Waals surface area contributed by atoms with E-state index in [9.17, 15) is 13.6 Å². The molecular weight excluding hydrogens is 358 g/mol. The number of hydrogen-bond donors (Lipinski definition) is 1. The van der Waals surface area contributed by atoms with Crippen LogP contribution in [0.1, 0.15) is 29.5 Å². The second kappa shape index (κ2) is 6.97. The van der Waals surface area contributed by atoms with Crippen LogP contribution in [-0.4, -0.2) is 30.4 Å². The van der Waals surface area contributed by atoms with Crippen molar-refractivity contribution in [2.75, 3.05) is 19.6 Å². The first-order valence-corrected chi connectivity index (χ1v) is 9.14. The molecule has 136 valence electrons. The Bertz CT molecular complexity index is 844. The smallest absolute Gasteiger partial charge is 0.226 e. The van der Waals surface area contributed by atoms with Gasteiger partial charge in [-0.2, -0.15) is 0 Å². The minimum atomic E-state index is -0.474. The van der Waals surface area contributed by atoms with Crippen LogP contribution in [0.5, 0.6) is 0 Å². The van der Waals surface area contributed by atoms with Gasteiger partial charge in [0.15, 0.2) is 0 Å². The van der Waals surface area contributed by atoms with Crippen LogP contribution in [-0.2, 0) is 4.79 Å². The summed E-state index contributed by atoms with van der Waals surface area (Å²) in [6.07, 6.45) is 0.561.